The van der Waals surface area contributed by atoms with Gasteiger partial charge >= 0.3 is 0 Å². The molecule has 4 rings (SSSR count). The fraction of sp³-hybridized carbons (Fsp3) is 0.136. The highest BCUT2D eigenvalue weighted by Gasteiger charge is 2.52. The van der Waals surface area contributed by atoms with Crippen molar-refractivity contribution in [1.82, 2.24) is 0 Å². The number of benzene rings is 2. The molecular formula is C22H17ClN2O2. The van der Waals surface area contributed by atoms with Gasteiger partial charge in [0, 0.05) is 5.02 Å². The highest BCUT2D eigenvalue weighted by molar-refractivity contribution is 6.32. The molecule has 2 aromatic rings. The van der Waals surface area contributed by atoms with Crippen molar-refractivity contribution >= 4 is 40.3 Å². The second kappa shape index (κ2) is 6.32. The van der Waals surface area contributed by atoms with Gasteiger partial charge in [0.15, 0.2) is 5.78 Å². The number of nitrogens with zero attached hydrogens (tertiary/aromatic N) is 2. The molecule has 0 fully saturated rings. The Morgan fingerprint density at radius 1 is 1.04 bits per heavy atom. The number of carbonyl (C=O) groups is 2. The fourth-order valence-electron chi connectivity index (χ4n) is 3.53. The Labute approximate surface area is 162 Å². The summed E-state index contributed by atoms with van der Waals surface area (Å²) in [5, 5.41) is 6.40. The first-order chi connectivity index (χ1) is 12.9. The lowest BCUT2D eigenvalue weighted by atomic mass is 9.70. The van der Waals surface area contributed by atoms with Gasteiger partial charge in [-0.25, -0.2) is 0 Å². The van der Waals surface area contributed by atoms with Crippen molar-refractivity contribution in [3.63, 3.8) is 0 Å². The number of hydrogen-bond acceptors (Lipinski definition) is 3. The molecule has 27 heavy (non-hydrogen) atoms. The van der Waals surface area contributed by atoms with Crippen LogP contribution in [0.1, 0.15) is 18.1 Å². The summed E-state index contributed by atoms with van der Waals surface area (Å²) in [6.07, 6.45) is 4.63. The van der Waals surface area contributed by atoms with E-state index in [0.717, 1.165) is 11.1 Å². The Balaban J connectivity index is 1.85. The SMILES string of the molecule is CC1=NN(c2cccc(Cl)c2)C(=O)C12C=CC(=O)C=C2c1ccc(C)cc1. The lowest BCUT2D eigenvalue weighted by molar-refractivity contribution is -0.120. The molecule has 1 heterocycles. The zero-order valence-corrected chi connectivity index (χ0v) is 15.7. The van der Waals surface area contributed by atoms with Gasteiger partial charge in [-0.1, -0.05) is 53.6 Å². The first-order valence-electron chi connectivity index (χ1n) is 8.60. The smallest absolute Gasteiger partial charge is 0.267 e. The van der Waals surface area contributed by atoms with E-state index < -0.39 is 5.41 Å². The molecule has 0 saturated heterocycles. The van der Waals surface area contributed by atoms with Crippen LogP contribution in [0.15, 0.2) is 71.9 Å². The lowest BCUT2D eigenvalue weighted by Crippen LogP contribution is -2.40. The number of aryl methyl sites for hydroxylation is 1. The van der Waals surface area contributed by atoms with E-state index in [-0.39, 0.29) is 11.7 Å². The van der Waals surface area contributed by atoms with E-state index in [2.05, 4.69) is 5.10 Å². The molecule has 134 valence electrons. The standard InChI is InChI=1S/C22H17ClN2O2/c1-14-6-8-16(9-7-14)20-13-19(26)10-11-22(20)15(2)24-25(21(22)27)18-5-3-4-17(23)12-18/h3-13H,1-2H3. The molecule has 0 aromatic heterocycles. The number of allylic oxidation sites excluding steroid dienone is 2. The first kappa shape index (κ1) is 17.4. The van der Waals surface area contributed by atoms with Gasteiger partial charge in [0.1, 0.15) is 5.41 Å². The molecule has 1 aliphatic carbocycles. The second-order valence-corrected chi connectivity index (χ2v) is 7.19. The van der Waals surface area contributed by atoms with Crippen LogP contribution in [0, 0.1) is 12.3 Å². The summed E-state index contributed by atoms with van der Waals surface area (Å²) >= 11 is 6.09. The lowest BCUT2D eigenvalue weighted by Gasteiger charge is -2.30. The van der Waals surface area contributed by atoms with Crippen LogP contribution in [0.4, 0.5) is 5.69 Å². The predicted octanol–water partition coefficient (Wildman–Crippen LogP) is 4.58. The Morgan fingerprint density at radius 2 is 1.78 bits per heavy atom. The van der Waals surface area contributed by atoms with Gasteiger partial charge in [-0.2, -0.15) is 10.1 Å². The van der Waals surface area contributed by atoms with Gasteiger partial charge in [0.25, 0.3) is 5.91 Å². The van der Waals surface area contributed by atoms with E-state index in [1.54, 1.807) is 30.3 Å². The summed E-state index contributed by atoms with van der Waals surface area (Å²) in [7, 11) is 0. The van der Waals surface area contributed by atoms with Gasteiger partial charge in [-0.15, -0.1) is 0 Å². The zero-order chi connectivity index (χ0) is 19.2. The minimum Gasteiger partial charge on any atom is -0.290 e. The van der Waals surface area contributed by atoms with Crippen LogP contribution in [0.5, 0.6) is 0 Å². The van der Waals surface area contributed by atoms with Crippen LogP contribution in [0.2, 0.25) is 5.02 Å². The van der Waals surface area contributed by atoms with Gasteiger partial charge in [0.05, 0.1) is 11.4 Å². The summed E-state index contributed by atoms with van der Waals surface area (Å²) in [6, 6.07) is 14.8. The van der Waals surface area contributed by atoms with E-state index in [1.165, 1.54) is 17.2 Å². The maximum Gasteiger partial charge on any atom is 0.267 e. The number of carbonyl (C=O) groups excluding carboxylic acids is 2. The van der Waals surface area contributed by atoms with Gasteiger partial charge in [-0.05, 0) is 55.3 Å². The zero-order valence-electron chi connectivity index (χ0n) is 14.9. The largest absolute Gasteiger partial charge is 0.290 e. The van der Waals surface area contributed by atoms with Crippen molar-refractivity contribution in [2.24, 2.45) is 10.5 Å². The van der Waals surface area contributed by atoms with E-state index in [0.29, 0.717) is 22.0 Å². The summed E-state index contributed by atoms with van der Waals surface area (Å²) < 4.78 is 0. The van der Waals surface area contributed by atoms with Crippen LogP contribution >= 0.6 is 11.6 Å². The molecule has 5 heteroatoms. The second-order valence-electron chi connectivity index (χ2n) is 6.75. The van der Waals surface area contributed by atoms with E-state index in [9.17, 15) is 9.59 Å². The third kappa shape index (κ3) is 2.73. The van der Waals surface area contributed by atoms with Crippen molar-refractivity contribution in [2.75, 3.05) is 5.01 Å². The van der Waals surface area contributed by atoms with Crippen molar-refractivity contribution < 1.29 is 9.59 Å². The number of amides is 1. The number of hydrogen-bond donors (Lipinski definition) is 0. The topological polar surface area (TPSA) is 49.7 Å². The van der Waals surface area contributed by atoms with Crippen LogP contribution in [-0.4, -0.2) is 17.4 Å². The molecule has 0 bridgehead atoms. The molecule has 2 aliphatic rings. The van der Waals surface area contributed by atoms with E-state index in [1.807, 2.05) is 38.1 Å². The molecule has 0 N–H and O–H groups in total. The van der Waals surface area contributed by atoms with Gasteiger partial charge < -0.3 is 0 Å². The van der Waals surface area contributed by atoms with Crippen molar-refractivity contribution in [3.8, 4) is 0 Å². The third-order valence-corrected chi connectivity index (χ3v) is 5.21. The molecule has 1 unspecified atom stereocenters. The van der Waals surface area contributed by atoms with Crippen LogP contribution in [-0.2, 0) is 9.59 Å². The molecule has 1 amide bonds. The third-order valence-electron chi connectivity index (χ3n) is 4.97. The monoisotopic (exact) mass is 376 g/mol. The van der Waals surface area contributed by atoms with E-state index >= 15 is 0 Å². The average molecular weight is 377 g/mol. The Kier molecular flexibility index (Phi) is 4.08. The minimum absolute atomic E-state index is 0.141. The molecular weight excluding hydrogens is 360 g/mol. The number of hydrazone groups is 1. The number of anilines is 1. The van der Waals surface area contributed by atoms with Gasteiger partial charge in [0.2, 0.25) is 0 Å². The first-order valence-corrected chi connectivity index (χ1v) is 8.98. The highest BCUT2D eigenvalue weighted by Crippen LogP contribution is 2.46. The van der Waals surface area contributed by atoms with Crippen molar-refractivity contribution in [3.05, 3.63) is 82.9 Å². The Morgan fingerprint density at radius 3 is 2.48 bits per heavy atom. The summed E-state index contributed by atoms with van der Waals surface area (Å²) in [5.74, 6) is -0.365. The predicted molar refractivity (Wildman–Crippen MR) is 108 cm³/mol. The quantitative estimate of drug-likeness (QED) is 0.770. The van der Waals surface area contributed by atoms with Crippen LogP contribution in [0.25, 0.3) is 5.57 Å². The molecule has 1 atom stereocenters. The normalized spacial score (nSPS) is 21.7. The number of ketones is 1. The fourth-order valence-corrected chi connectivity index (χ4v) is 3.71. The van der Waals surface area contributed by atoms with Crippen molar-refractivity contribution in [2.45, 2.75) is 13.8 Å². The highest BCUT2D eigenvalue weighted by atomic mass is 35.5. The summed E-state index contributed by atoms with van der Waals surface area (Å²) in [5.41, 5.74) is 2.70. The number of halogens is 1. The molecule has 0 saturated carbocycles. The van der Waals surface area contributed by atoms with Crippen molar-refractivity contribution in [1.29, 1.82) is 0 Å². The number of rotatable bonds is 2. The maximum atomic E-state index is 13.5. The van der Waals surface area contributed by atoms with Gasteiger partial charge in [-0.3, -0.25) is 9.59 Å². The molecule has 4 nitrogen and oxygen atoms in total. The molecule has 0 radical (unpaired) electrons. The average Bonchev–Trinajstić information content (AvgIpc) is 2.90. The van der Waals surface area contributed by atoms with Crippen LogP contribution in [0.3, 0.4) is 0 Å². The molecule has 2 aromatic carbocycles. The van der Waals surface area contributed by atoms with Crippen LogP contribution < -0.4 is 5.01 Å². The maximum absolute atomic E-state index is 13.5. The Bertz CT molecular complexity index is 1050. The Hall–Kier alpha value is -2.98. The minimum atomic E-state index is -1.09. The summed E-state index contributed by atoms with van der Waals surface area (Å²) in [6.45, 7) is 3.80. The molecule has 1 spiro atoms. The van der Waals surface area contributed by atoms with E-state index in [4.69, 9.17) is 11.6 Å². The molecule has 1 aliphatic heterocycles. The summed E-state index contributed by atoms with van der Waals surface area (Å²) in [4.78, 5) is 25.6.